The number of carbonyl (C=O) groups is 1. The van der Waals surface area contributed by atoms with Crippen LogP contribution in [0.4, 0.5) is 0 Å². The Morgan fingerprint density at radius 1 is 1.45 bits per heavy atom. The molecule has 5 nitrogen and oxygen atoms in total. The third kappa shape index (κ3) is 3.04. The summed E-state index contributed by atoms with van der Waals surface area (Å²) in [6.07, 6.45) is 0. The molecule has 2 aromatic rings. The number of hydrogen-bond acceptors (Lipinski definition) is 4. The molecule has 0 unspecified atom stereocenters. The van der Waals surface area contributed by atoms with E-state index in [4.69, 9.17) is 10.00 Å². The molecule has 0 bridgehead atoms. The van der Waals surface area contributed by atoms with Gasteiger partial charge < -0.3 is 4.74 Å². The number of ether oxygens (including phenoxy) is 1. The molecule has 0 fully saturated rings. The summed E-state index contributed by atoms with van der Waals surface area (Å²) >= 11 is 0. The number of aromatic nitrogens is 2. The van der Waals surface area contributed by atoms with E-state index < -0.39 is 0 Å². The van der Waals surface area contributed by atoms with E-state index in [9.17, 15) is 4.79 Å². The molecule has 0 N–H and O–H groups in total. The highest BCUT2D eigenvalue weighted by Crippen LogP contribution is 2.11. The number of carbonyl (C=O) groups excluding carboxylic acids is 1. The van der Waals surface area contributed by atoms with Crippen LogP contribution in [-0.4, -0.2) is 22.4 Å². The molecular formula is C15H15N3O2. The van der Waals surface area contributed by atoms with Gasteiger partial charge in [0.1, 0.15) is 5.69 Å². The molecule has 2 rings (SSSR count). The van der Waals surface area contributed by atoms with Gasteiger partial charge in [0.2, 0.25) is 0 Å². The number of esters is 1. The minimum absolute atomic E-state index is 0.326. The molecule has 0 saturated carbocycles. The van der Waals surface area contributed by atoms with Crippen molar-refractivity contribution >= 4 is 5.97 Å². The fourth-order valence-corrected chi connectivity index (χ4v) is 1.95. The zero-order chi connectivity index (χ0) is 14.5. The maximum atomic E-state index is 11.9. The number of rotatable bonds is 4. The van der Waals surface area contributed by atoms with Gasteiger partial charge in [-0.25, -0.2) is 4.79 Å². The second kappa shape index (κ2) is 6.02. The lowest BCUT2D eigenvalue weighted by atomic mass is 10.1. The van der Waals surface area contributed by atoms with Gasteiger partial charge in [-0.3, -0.25) is 4.68 Å². The van der Waals surface area contributed by atoms with Crippen LogP contribution in [0, 0.1) is 18.3 Å². The Bertz CT molecular complexity index is 668. The van der Waals surface area contributed by atoms with E-state index in [0.29, 0.717) is 24.4 Å². The Hall–Kier alpha value is -2.61. The summed E-state index contributed by atoms with van der Waals surface area (Å²) in [6, 6.07) is 11.0. The van der Waals surface area contributed by atoms with Gasteiger partial charge in [-0.2, -0.15) is 10.4 Å². The average Bonchev–Trinajstić information content (AvgIpc) is 2.80. The molecule has 5 heteroatoms. The third-order valence-corrected chi connectivity index (χ3v) is 2.78. The van der Waals surface area contributed by atoms with E-state index in [0.717, 1.165) is 11.3 Å². The molecule has 0 saturated heterocycles. The monoisotopic (exact) mass is 269 g/mol. The molecule has 0 spiro atoms. The fraction of sp³-hybridized carbons (Fsp3) is 0.267. The van der Waals surface area contributed by atoms with Crippen LogP contribution < -0.4 is 0 Å². The number of nitrogens with zero attached hydrogens (tertiary/aromatic N) is 3. The van der Waals surface area contributed by atoms with Crippen molar-refractivity contribution in [2.45, 2.75) is 20.4 Å². The van der Waals surface area contributed by atoms with Crippen molar-refractivity contribution in [1.29, 1.82) is 5.26 Å². The SMILES string of the molecule is CCOC(=O)c1cc(C)nn1Cc1cccc(C#N)c1. The highest BCUT2D eigenvalue weighted by atomic mass is 16.5. The van der Waals surface area contributed by atoms with Crippen LogP contribution in [0.15, 0.2) is 30.3 Å². The van der Waals surface area contributed by atoms with E-state index in [2.05, 4.69) is 11.2 Å². The zero-order valence-corrected chi connectivity index (χ0v) is 11.5. The average molecular weight is 269 g/mol. The number of aryl methyl sites for hydroxylation is 1. The molecule has 0 aliphatic heterocycles. The van der Waals surface area contributed by atoms with Gasteiger partial charge >= 0.3 is 5.97 Å². The third-order valence-electron chi connectivity index (χ3n) is 2.78. The summed E-state index contributed by atoms with van der Waals surface area (Å²) in [7, 11) is 0. The van der Waals surface area contributed by atoms with Gasteiger partial charge in [0.25, 0.3) is 0 Å². The van der Waals surface area contributed by atoms with Crippen LogP contribution in [0.5, 0.6) is 0 Å². The molecule has 1 heterocycles. The van der Waals surface area contributed by atoms with E-state index in [1.54, 1.807) is 29.8 Å². The summed E-state index contributed by atoms with van der Waals surface area (Å²) in [6.45, 7) is 4.34. The van der Waals surface area contributed by atoms with Crippen molar-refractivity contribution < 1.29 is 9.53 Å². The molecule has 1 aromatic carbocycles. The molecule has 0 atom stereocenters. The van der Waals surface area contributed by atoms with Crippen molar-refractivity contribution in [3.05, 3.63) is 52.8 Å². The normalized spacial score (nSPS) is 10.1. The Kier molecular flexibility index (Phi) is 4.16. The van der Waals surface area contributed by atoms with Gasteiger partial charge in [-0.05, 0) is 37.6 Å². The topological polar surface area (TPSA) is 67.9 Å². The smallest absolute Gasteiger partial charge is 0.356 e. The molecule has 0 aliphatic rings. The van der Waals surface area contributed by atoms with Crippen LogP contribution in [0.3, 0.4) is 0 Å². The van der Waals surface area contributed by atoms with E-state index >= 15 is 0 Å². The predicted octanol–water partition coefficient (Wildman–Crippen LogP) is 2.29. The molecule has 0 amide bonds. The van der Waals surface area contributed by atoms with Crippen LogP contribution >= 0.6 is 0 Å². The van der Waals surface area contributed by atoms with Crippen LogP contribution in [0.1, 0.15) is 34.2 Å². The summed E-state index contributed by atoms with van der Waals surface area (Å²) in [5.74, 6) is -0.385. The van der Waals surface area contributed by atoms with Crippen LogP contribution in [-0.2, 0) is 11.3 Å². The number of nitriles is 1. The second-order valence-corrected chi connectivity index (χ2v) is 4.36. The minimum atomic E-state index is -0.385. The quantitative estimate of drug-likeness (QED) is 0.799. The minimum Gasteiger partial charge on any atom is -0.461 e. The lowest BCUT2D eigenvalue weighted by Gasteiger charge is -2.07. The molecule has 1 aromatic heterocycles. The van der Waals surface area contributed by atoms with Crippen molar-refractivity contribution in [1.82, 2.24) is 9.78 Å². The summed E-state index contributed by atoms with van der Waals surface area (Å²) in [5, 5.41) is 13.2. The first-order valence-corrected chi connectivity index (χ1v) is 6.34. The lowest BCUT2D eigenvalue weighted by Crippen LogP contribution is -2.14. The summed E-state index contributed by atoms with van der Waals surface area (Å²) in [4.78, 5) is 11.9. The Balaban J connectivity index is 2.29. The highest BCUT2D eigenvalue weighted by Gasteiger charge is 2.15. The Morgan fingerprint density at radius 2 is 2.25 bits per heavy atom. The van der Waals surface area contributed by atoms with Gasteiger partial charge in [0, 0.05) is 0 Å². The first kappa shape index (κ1) is 13.8. The van der Waals surface area contributed by atoms with E-state index in [1.807, 2.05) is 19.1 Å². The molecular weight excluding hydrogens is 254 g/mol. The molecule has 20 heavy (non-hydrogen) atoms. The summed E-state index contributed by atoms with van der Waals surface area (Å²) in [5.41, 5.74) is 2.68. The maximum absolute atomic E-state index is 11.9. The number of hydrogen-bond donors (Lipinski definition) is 0. The van der Waals surface area contributed by atoms with Crippen molar-refractivity contribution in [3.63, 3.8) is 0 Å². The predicted molar refractivity (Wildman–Crippen MR) is 73.2 cm³/mol. The first-order chi connectivity index (χ1) is 9.63. The molecule has 102 valence electrons. The van der Waals surface area contributed by atoms with Gasteiger partial charge in [-0.15, -0.1) is 0 Å². The molecule has 0 radical (unpaired) electrons. The second-order valence-electron chi connectivity index (χ2n) is 4.36. The van der Waals surface area contributed by atoms with Crippen molar-refractivity contribution in [3.8, 4) is 6.07 Å². The Morgan fingerprint density at radius 3 is 2.95 bits per heavy atom. The summed E-state index contributed by atoms with van der Waals surface area (Å²) < 4.78 is 6.61. The number of benzene rings is 1. The van der Waals surface area contributed by atoms with E-state index in [-0.39, 0.29) is 5.97 Å². The van der Waals surface area contributed by atoms with Gasteiger partial charge in [0.15, 0.2) is 0 Å². The maximum Gasteiger partial charge on any atom is 0.356 e. The van der Waals surface area contributed by atoms with Crippen LogP contribution in [0.2, 0.25) is 0 Å². The Labute approximate surface area is 117 Å². The van der Waals surface area contributed by atoms with Crippen LogP contribution in [0.25, 0.3) is 0 Å². The van der Waals surface area contributed by atoms with Gasteiger partial charge in [-0.1, -0.05) is 12.1 Å². The largest absolute Gasteiger partial charge is 0.461 e. The lowest BCUT2D eigenvalue weighted by molar-refractivity contribution is 0.0512. The zero-order valence-electron chi connectivity index (χ0n) is 11.5. The van der Waals surface area contributed by atoms with Gasteiger partial charge in [0.05, 0.1) is 30.5 Å². The van der Waals surface area contributed by atoms with E-state index in [1.165, 1.54) is 0 Å². The highest BCUT2D eigenvalue weighted by molar-refractivity contribution is 5.87. The first-order valence-electron chi connectivity index (χ1n) is 6.34. The standard InChI is InChI=1S/C15H15N3O2/c1-3-20-15(19)14-7-11(2)17-18(14)10-13-6-4-5-12(8-13)9-16/h4-8H,3,10H2,1-2H3. The fourth-order valence-electron chi connectivity index (χ4n) is 1.95. The van der Waals surface area contributed by atoms with Crippen molar-refractivity contribution in [2.75, 3.05) is 6.61 Å². The molecule has 0 aliphatic carbocycles. The van der Waals surface area contributed by atoms with Crippen molar-refractivity contribution in [2.24, 2.45) is 0 Å².